The van der Waals surface area contributed by atoms with Gasteiger partial charge in [0, 0.05) is 12.1 Å². The molecule has 1 aromatic rings. The molecule has 0 bridgehead atoms. The Kier molecular flexibility index (Phi) is 5.17. The molecule has 19 heavy (non-hydrogen) atoms. The summed E-state index contributed by atoms with van der Waals surface area (Å²) in [6, 6.07) is 3.37. The van der Waals surface area contributed by atoms with E-state index >= 15 is 0 Å². The lowest BCUT2D eigenvalue weighted by Gasteiger charge is -2.14. The highest BCUT2D eigenvalue weighted by Crippen LogP contribution is 2.37. The van der Waals surface area contributed by atoms with Crippen LogP contribution in [0.1, 0.15) is 18.4 Å². The maximum absolute atomic E-state index is 12.7. The average Bonchev–Trinajstić information content (AvgIpc) is 2.35. The molecule has 0 heterocycles. The number of carbonyl (C=O) groups is 1. The quantitative estimate of drug-likeness (QED) is 0.868. The Hall–Kier alpha value is -1.76. The van der Waals surface area contributed by atoms with Crippen molar-refractivity contribution in [1.82, 2.24) is 0 Å². The lowest BCUT2D eigenvalue weighted by Crippen LogP contribution is -2.14. The second-order valence-electron chi connectivity index (χ2n) is 3.85. The summed E-state index contributed by atoms with van der Waals surface area (Å²) in [5.41, 5.74) is 4.40. The minimum absolute atomic E-state index is 0.0788. The van der Waals surface area contributed by atoms with Gasteiger partial charge in [0.1, 0.15) is 5.75 Å². The average molecular weight is 276 g/mol. The zero-order valence-electron chi connectivity index (χ0n) is 10.4. The summed E-state index contributed by atoms with van der Waals surface area (Å²) in [4.78, 5) is 11.4. The number of rotatable bonds is 5. The standard InChI is InChI=1S/C12H15F3N2O2/c1-19-10-5-4-8(7-9(10)12(13,14)15)17-11(18)3-2-6-16/h4-5,7H,2-3,6,16H2,1H3,(H,17,18). The first-order chi connectivity index (χ1) is 8.88. The number of benzene rings is 1. The lowest BCUT2D eigenvalue weighted by molar-refractivity contribution is -0.138. The van der Waals surface area contributed by atoms with Gasteiger partial charge in [0.05, 0.1) is 12.7 Å². The fraction of sp³-hybridized carbons (Fsp3) is 0.417. The van der Waals surface area contributed by atoms with Gasteiger partial charge in [0.25, 0.3) is 0 Å². The maximum Gasteiger partial charge on any atom is 0.420 e. The zero-order valence-corrected chi connectivity index (χ0v) is 10.4. The van der Waals surface area contributed by atoms with Gasteiger partial charge in [-0.05, 0) is 31.2 Å². The molecule has 7 heteroatoms. The van der Waals surface area contributed by atoms with Crippen LogP contribution in [0.3, 0.4) is 0 Å². The first-order valence-electron chi connectivity index (χ1n) is 5.63. The smallest absolute Gasteiger partial charge is 0.420 e. The summed E-state index contributed by atoms with van der Waals surface area (Å²) in [5.74, 6) is -0.656. The molecule has 3 N–H and O–H groups in total. The highest BCUT2D eigenvalue weighted by atomic mass is 19.4. The van der Waals surface area contributed by atoms with E-state index in [9.17, 15) is 18.0 Å². The molecule has 0 unspecified atom stereocenters. The van der Waals surface area contributed by atoms with Crippen LogP contribution in [0.15, 0.2) is 18.2 Å². The summed E-state index contributed by atoms with van der Waals surface area (Å²) >= 11 is 0. The number of amides is 1. The third-order valence-corrected chi connectivity index (χ3v) is 2.40. The van der Waals surface area contributed by atoms with E-state index in [0.29, 0.717) is 13.0 Å². The summed E-state index contributed by atoms with van der Waals surface area (Å²) in [6.07, 6.45) is -3.89. The Labute approximate surface area is 108 Å². The SMILES string of the molecule is COc1ccc(NC(=O)CCCN)cc1C(F)(F)F. The number of carbonyl (C=O) groups excluding carboxylic acids is 1. The van der Waals surface area contributed by atoms with Crippen molar-refractivity contribution in [3.8, 4) is 5.75 Å². The molecule has 0 radical (unpaired) electrons. The van der Waals surface area contributed by atoms with Crippen molar-refractivity contribution in [2.45, 2.75) is 19.0 Å². The summed E-state index contributed by atoms with van der Waals surface area (Å²) in [7, 11) is 1.16. The van der Waals surface area contributed by atoms with Gasteiger partial charge in [0.15, 0.2) is 0 Å². The van der Waals surface area contributed by atoms with E-state index in [0.717, 1.165) is 13.2 Å². The number of methoxy groups -OCH3 is 1. The van der Waals surface area contributed by atoms with E-state index in [1.807, 2.05) is 0 Å². The zero-order chi connectivity index (χ0) is 14.5. The molecule has 0 atom stereocenters. The van der Waals surface area contributed by atoms with Crippen molar-refractivity contribution < 1.29 is 22.7 Å². The molecule has 106 valence electrons. The van der Waals surface area contributed by atoms with Gasteiger partial charge in [-0.2, -0.15) is 13.2 Å². The Bertz CT molecular complexity index is 447. The Morgan fingerprint density at radius 3 is 2.63 bits per heavy atom. The molecular formula is C12H15F3N2O2. The predicted molar refractivity (Wildman–Crippen MR) is 64.9 cm³/mol. The van der Waals surface area contributed by atoms with Crippen LogP contribution in [0, 0.1) is 0 Å². The van der Waals surface area contributed by atoms with Gasteiger partial charge >= 0.3 is 6.18 Å². The van der Waals surface area contributed by atoms with E-state index < -0.39 is 11.7 Å². The number of hydrogen-bond donors (Lipinski definition) is 2. The largest absolute Gasteiger partial charge is 0.496 e. The summed E-state index contributed by atoms with van der Waals surface area (Å²) in [6.45, 7) is 0.351. The maximum atomic E-state index is 12.7. The second-order valence-corrected chi connectivity index (χ2v) is 3.85. The molecule has 4 nitrogen and oxygen atoms in total. The minimum Gasteiger partial charge on any atom is -0.496 e. The molecule has 0 aromatic heterocycles. The van der Waals surface area contributed by atoms with E-state index in [1.165, 1.54) is 12.1 Å². The molecule has 1 rings (SSSR count). The van der Waals surface area contributed by atoms with Crippen LogP contribution in [0.25, 0.3) is 0 Å². The van der Waals surface area contributed by atoms with Crippen molar-refractivity contribution in [2.75, 3.05) is 19.0 Å². The molecule has 1 amide bonds. The van der Waals surface area contributed by atoms with Gasteiger partial charge in [-0.25, -0.2) is 0 Å². The third-order valence-electron chi connectivity index (χ3n) is 2.40. The number of ether oxygens (including phenoxy) is 1. The lowest BCUT2D eigenvalue weighted by atomic mass is 10.1. The summed E-state index contributed by atoms with van der Waals surface area (Å²) in [5, 5.41) is 2.39. The Balaban J connectivity index is 2.90. The Morgan fingerprint density at radius 2 is 2.11 bits per heavy atom. The van der Waals surface area contributed by atoms with Gasteiger partial charge < -0.3 is 15.8 Å². The summed E-state index contributed by atoms with van der Waals surface area (Å²) < 4.78 is 42.9. The normalized spacial score (nSPS) is 11.2. The van der Waals surface area contributed by atoms with Crippen LogP contribution in [-0.4, -0.2) is 19.6 Å². The first kappa shape index (κ1) is 15.3. The highest BCUT2D eigenvalue weighted by molar-refractivity contribution is 5.90. The number of nitrogens with one attached hydrogen (secondary N) is 1. The number of alkyl halides is 3. The van der Waals surface area contributed by atoms with E-state index in [-0.39, 0.29) is 23.8 Å². The van der Waals surface area contributed by atoms with Gasteiger partial charge in [-0.3, -0.25) is 4.79 Å². The molecule has 0 spiro atoms. The monoisotopic (exact) mass is 276 g/mol. The minimum atomic E-state index is -4.54. The van der Waals surface area contributed by atoms with Gasteiger partial charge in [0.2, 0.25) is 5.91 Å². The number of nitrogens with two attached hydrogens (primary N) is 1. The van der Waals surface area contributed by atoms with Gasteiger partial charge in [-0.15, -0.1) is 0 Å². The van der Waals surface area contributed by atoms with E-state index in [1.54, 1.807) is 0 Å². The van der Waals surface area contributed by atoms with Crippen LogP contribution in [-0.2, 0) is 11.0 Å². The topological polar surface area (TPSA) is 64.3 Å². The van der Waals surface area contributed by atoms with Crippen molar-refractivity contribution in [2.24, 2.45) is 5.73 Å². The third kappa shape index (κ3) is 4.44. The fourth-order valence-corrected chi connectivity index (χ4v) is 1.49. The second kappa shape index (κ2) is 6.42. The van der Waals surface area contributed by atoms with E-state index in [2.05, 4.69) is 10.1 Å². The predicted octanol–water partition coefficient (Wildman–Crippen LogP) is 2.39. The Morgan fingerprint density at radius 1 is 1.42 bits per heavy atom. The fourth-order valence-electron chi connectivity index (χ4n) is 1.49. The number of anilines is 1. The van der Waals surface area contributed by atoms with Crippen LogP contribution in [0.2, 0.25) is 0 Å². The molecule has 0 aliphatic heterocycles. The first-order valence-corrected chi connectivity index (χ1v) is 5.63. The highest BCUT2D eigenvalue weighted by Gasteiger charge is 2.34. The van der Waals surface area contributed by atoms with Crippen LogP contribution in [0.5, 0.6) is 5.75 Å². The molecule has 0 saturated heterocycles. The molecule has 0 saturated carbocycles. The van der Waals surface area contributed by atoms with Crippen molar-refractivity contribution in [3.05, 3.63) is 23.8 Å². The van der Waals surface area contributed by atoms with Crippen LogP contribution in [0.4, 0.5) is 18.9 Å². The van der Waals surface area contributed by atoms with Crippen LogP contribution >= 0.6 is 0 Å². The van der Waals surface area contributed by atoms with Crippen molar-refractivity contribution >= 4 is 11.6 Å². The molecule has 0 aliphatic rings. The molecule has 1 aromatic carbocycles. The molecular weight excluding hydrogens is 261 g/mol. The number of hydrogen-bond acceptors (Lipinski definition) is 3. The van der Waals surface area contributed by atoms with Crippen LogP contribution < -0.4 is 15.8 Å². The number of halogens is 3. The molecule has 0 fully saturated rings. The van der Waals surface area contributed by atoms with Gasteiger partial charge in [-0.1, -0.05) is 0 Å². The molecule has 0 aliphatic carbocycles. The van der Waals surface area contributed by atoms with Crippen molar-refractivity contribution in [1.29, 1.82) is 0 Å². The van der Waals surface area contributed by atoms with Crippen molar-refractivity contribution in [3.63, 3.8) is 0 Å². The van der Waals surface area contributed by atoms with E-state index in [4.69, 9.17) is 5.73 Å².